The van der Waals surface area contributed by atoms with E-state index in [1.54, 1.807) is 39.9 Å². The van der Waals surface area contributed by atoms with Gasteiger partial charge in [0.05, 0.1) is 16.4 Å². The molecule has 0 spiro atoms. The second-order valence-corrected chi connectivity index (χ2v) is 5.42. The van der Waals surface area contributed by atoms with Crippen molar-refractivity contribution in [2.75, 3.05) is 0 Å². The Morgan fingerprint density at radius 1 is 1.16 bits per heavy atom. The van der Waals surface area contributed by atoms with Gasteiger partial charge >= 0.3 is 5.69 Å². The molecule has 0 saturated heterocycles. The van der Waals surface area contributed by atoms with Crippen molar-refractivity contribution >= 4 is 11.3 Å². The number of thiazole rings is 1. The molecule has 5 heteroatoms. The molecule has 4 nitrogen and oxygen atoms in total. The molecule has 0 aliphatic rings. The summed E-state index contributed by atoms with van der Waals surface area (Å²) in [6, 6.07) is 7.85. The minimum atomic E-state index is -0.0442. The van der Waals surface area contributed by atoms with Gasteiger partial charge < -0.3 is 4.57 Å². The fourth-order valence-corrected chi connectivity index (χ4v) is 2.57. The third kappa shape index (κ3) is 2.13. The van der Waals surface area contributed by atoms with Crippen molar-refractivity contribution in [3.05, 3.63) is 57.5 Å². The summed E-state index contributed by atoms with van der Waals surface area (Å²) in [6.07, 6.45) is 3.52. The smallest absolute Gasteiger partial charge is 0.302 e. The van der Waals surface area contributed by atoms with E-state index in [0.29, 0.717) is 0 Å². The molecule has 1 aromatic carbocycles. The van der Waals surface area contributed by atoms with Crippen LogP contribution < -0.4 is 5.69 Å². The number of aryl methyl sites for hydroxylation is 2. The second kappa shape index (κ2) is 4.51. The summed E-state index contributed by atoms with van der Waals surface area (Å²) < 4.78 is 3.17. The molecule has 0 bridgehead atoms. The maximum atomic E-state index is 11.8. The van der Waals surface area contributed by atoms with Crippen LogP contribution in [0.4, 0.5) is 0 Å². The first-order chi connectivity index (χ1) is 9.15. The van der Waals surface area contributed by atoms with E-state index in [1.807, 2.05) is 36.6 Å². The van der Waals surface area contributed by atoms with Crippen molar-refractivity contribution in [2.45, 2.75) is 6.92 Å². The quantitative estimate of drug-likeness (QED) is 0.718. The summed E-state index contributed by atoms with van der Waals surface area (Å²) >= 11 is 1.64. The van der Waals surface area contributed by atoms with Crippen LogP contribution in [-0.4, -0.2) is 14.1 Å². The average molecular weight is 271 g/mol. The Balaban J connectivity index is 1.99. The van der Waals surface area contributed by atoms with E-state index in [4.69, 9.17) is 0 Å². The van der Waals surface area contributed by atoms with E-state index in [1.165, 1.54) is 0 Å². The van der Waals surface area contributed by atoms with Crippen molar-refractivity contribution in [1.29, 1.82) is 0 Å². The highest BCUT2D eigenvalue weighted by atomic mass is 32.1. The summed E-state index contributed by atoms with van der Waals surface area (Å²) in [7, 11) is 1.74. The van der Waals surface area contributed by atoms with Gasteiger partial charge in [-0.2, -0.15) is 0 Å². The Kier molecular flexibility index (Phi) is 2.83. The molecule has 2 aromatic heterocycles. The molecule has 0 aliphatic heterocycles. The number of hydrogen-bond acceptors (Lipinski definition) is 3. The number of imidazole rings is 1. The summed E-state index contributed by atoms with van der Waals surface area (Å²) in [4.78, 5) is 16.3. The van der Waals surface area contributed by atoms with Crippen LogP contribution in [0, 0.1) is 6.92 Å². The average Bonchev–Trinajstić information content (AvgIpc) is 2.98. The standard InChI is InChI=1S/C14H13N3OS/c1-10-15-13(9-19-10)11-3-5-12(6-4-11)17-8-7-16(2)14(17)18/h3-9H,1-2H3. The van der Waals surface area contributed by atoms with Crippen molar-refractivity contribution in [2.24, 2.45) is 7.05 Å². The van der Waals surface area contributed by atoms with Crippen LogP contribution in [0.15, 0.2) is 46.8 Å². The Labute approximate surface area is 114 Å². The van der Waals surface area contributed by atoms with Crippen LogP contribution in [0.25, 0.3) is 16.9 Å². The third-order valence-electron chi connectivity index (χ3n) is 3.01. The van der Waals surface area contributed by atoms with Crippen LogP contribution in [0.2, 0.25) is 0 Å². The number of nitrogens with zero attached hydrogens (tertiary/aromatic N) is 3. The number of hydrogen-bond donors (Lipinski definition) is 0. The molecule has 96 valence electrons. The van der Waals surface area contributed by atoms with Gasteiger partial charge in [0.2, 0.25) is 0 Å². The fraction of sp³-hybridized carbons (Fsp3) is 0.143. The Morgan fingerprint density at radius 2 is 1.89 bits per heavy atom. The molecule has 0 N–H and O–H groups in total. The number of aromatic nitrogens is 3. The minimum Gasteiger partial charge on any atom is -0.302 e. The van der Waals surface area contributed by atoms with Crippen molar-refractivity contribution in [3.63, 3.8) is 0 Å². The fourth-order valence-electron chi connectivity index (χ4n) is 1.95. The summed E-state index contributed by atoms with van der Waals surface area (Å²) in [5.74, 6) is 0. The topological polar surface area (TPSA) is 39.8 Å². The molecule has 0 fully saturated rings. The van der Waals surface area contributed by atoms with Crippen LogP contribution in [0.3, 0.4) is 0 Å². The van der Waals surface area contributed by atoms with E-state index >= 15 is 0 Å². The molecule has 3 rings (SSSR count). The molecule has 0 radical (unpaired) electrons. The van der Waals surface area contributed by atoms with Crippen LogP contribution in [-0.2, 0) is 7.05 Å². The first-order valence-electron chi connectivity index (χ1n) is 5.92. The Hall–Kier alpha value is -2.14. The lowest BCUT2D eigenvalue weighted by Gasteiger charge is -2.02. The maximum absolute atomic E-state index is 11.8. The zero-order valence-electron chi connectivity index (χ0n) is 10.7. The molecular weight excluding hydrogens is 258 g/mol. The van der Waals surface area contributed by atoms with E-state index in [2.05, 4.69) is 4.98 Å². The molecule has 0 amide bonds. The van der Waals surface area contributed by atoms with Crippen molar-refractivity contribution in [1.82, 2.24) is 14.1 Å². The molecule has 0 unspecified atom stereocenters. The van der Waals surface area contributed by atoms with Gasteiger partial charge in [-0.3, -0.25) is 4.57 Å². The van der Waals surface area contributed by atoms with Gasteiger partial charge in [-0.1, -0.05) is 12.1 Å². The lowest BCUT2D eigenvalue weighted by molar-refractivity contribution is 0.824. The van der Waals surface area contributed by atoms with Crippen LogP contribution >= 0.6 is 11.3 Å². The Bertz CT molecular complexity index is 765. The van der Waals surface area contributed by atoms with Crippen LogP contribution in [0.1, 0.15) is 5.01 Å². The van der Waals surface area contributed by atoms with Crippen molar-refractivity contribution in [3.8, 4) is 16.9 Å². The molecule has 0 atom stereocenters. The summed E-state index contributed by atoms with van der Waals surface area (Å²) in [5.41, 5.74) is 2.87. The first-order valence-corrected chi connectivity index (χ1v) is 6.80. The van der Waals surface area contributed by atoms with Crippen molar-refractivity contribution < 1.29 is 0 Å². The van der Waals surface area contributed by atoms with Gasteiger partial charge in [-0.05, 0) is 19.1 Å². The number of benzene rings is 1. The molecule has 19 heavy (non-hydrogen) atoms. The second-order valence-electron chi connectivity index (χ2n) is 4.36. The van der Waals surface area contributed by atoms with E-state index in [9.17, 15) is 4.79 Å². The highest BCUT2D eigenvalue weighted by Gasteiger charge is 2.05. The normalized spacial score (nSPS) is 10.8. The maximum Gasteiger partial charge on any atom is 0.332 e. The van der Waals surface area contributed by atoms with Gasteiger partial charge in [-0.25, -0.2) is 9.78 Å². The predicted octanol–water partition coefficient (Wildman–Crippen LogP) is 2.61. The monoisotopic (exact) mass is 271 g/mol. The first kappa shape index (κ1) is 11.9. The van der Waals surface area contributed by atoms with Gasteiger partial charge in [0.15, 0.2) is 0 Å². The molecule has 0 aliphatic carbocycles. The van der Waals surface area contributed by atoms with Gasteiger partial charge in [0.1, 0.15) is 0 Å². The molecule has 3 aromatic rings. The molecule has 0 saturated carbocycles. The lowest BCUT2D eigenvalue weighted by atomic mass is 10.1. The highest BCUT2D eigenvalue weighted by Crippen LogP contribution is 2.22. The predicted molar refractivity (Wildman–Crippen MR) is 76.9 cm³/mol. The minimum absolute atomic E-state index is 0.0442. The highest BCUT2D eigenvalue weighted by molar-refractivity contribution is 7.09. The van der Waals surface area contributed by atoms with Gasteiger partial charge in [0.25, 0.3) is 0 Å². The molecular formula is C14H13N3OS. The van der Waals surface area contributed by atoms with Gasteiger partial charge in [0, 0.05) is 30.4 Å². The zero-order valence-corrected chi connectivity index (χ0v) is 11.5. The zero-order chi connectivity index (χ0) is 13.4. The summed E-state index contributed by atoms with van der Waals surface area (Å²) in [6.45, 7) is 1.99. The van der Waals surface area contributed by atoms with E-state index in [0.717, 1.165) is 22.0 Å². The molecule has 2 heterocycles. The van der Waals surface area contributed by atoms with E-state index in [-0.39, 0.29) is 5.69 Å². The van der Waals surface area contributed by atoms with Gasteiger partial charge in [-0.15, -0.1) is 11.3 Å². The van der Waals surface area contributed by atoms with E-state index < -0.39 is 0 Å². The van der Waals surface area contributed by atoms with Crippen LogP contribution in [0.5, 0.6) is 0 Å². The number of rotatable bonds is 2. The third-order valence-corrected chi connectivity index (χ3v) is 3.78. The SMILES string of the molecule is Cc1nc(-c2ccc(-n3ccn(C)c3=O)cc2)cs1. The summed E-state index contributed by atoms with van der Waals surface area (Å²) in [5, 5.41) is 3.09. The Morgan fingerprint density at radius 3 is 2.42 bits per heavy atom. The largest absolute Gasteiger partial charge is 0.332 e. The lowest BCUT2D eigenvalue weighted by Crippen LogP contribution is -2.20.